The molecule has 7 nitrogen and oxygen atoms in total. The van der Waals surface area contributed by atoms with Crippen molar-refractivity contribution in [3.8, 4) is 0 Å². The highest BCUT2D eigenvalue weighted by atomic mass is 32.2. The van der Waals surface area contributed by atoms with Gasteiger partial charge < -0.3 is 15.4 Å². The van der Waals surface area contributed by atoms with E-state index in [0.717, 1.165) is 0 Å². The van der Waals surface area contributed by atoms with E-state index in [9.17, 15) is 23.0 Å². The minimum atomic E-state index is -1.37. The van der Waals surface area contributed by atoms with E-state index in [4.69, 9.17) is 4.74 Å². The van der Waals surface area contributed by atoms with Crippen molar-refractivity contribution in [2.75, 3.05) is 12.9 Å². The van der Waals surface area contributed by atoms with Crippen LogP contribution in [0.5, 0.6) is 0 Å². The zero-order valence-electron chi connectivity index (χ0n) is 17.3. The van der Waals surface area contributed by atoms with Gasteiger partial charge in [-0.25, -0.2) is 9.18 Å². The Morgan fingerprint density at radius 1 is 1.00 bits per heavy atom. The number of ether oxygens (including phenoxy) is 1. The van der Waals surface area contributed by atoms with Gasteiger partial charge in [0.15, 0.2) is 0 Å². The number of hydrogen-bond acceptors (Lipinski definition) is 5. The Kier molecular flexibility index (Phi) is 9.33. The highest BCUT2D eigenvalue weighted by Gasteiger charge is 2.28. The Morgan fingerprint density at radius 3 is 2.26 bits per heavy atom. The lowest BCUT2D eigenvalue weighted by molar-refractivity contribution is -0.145. The first-order valence-corrected chi connectivity index (χ1v) is 11.0. The molecule has 0 saturated heterocycles. The molecule has 0 heterocycles. The summed E-state index contributed by atoms with van der Waals surface area (Å²) < 4.78 is 31.2. The lowest BCUT2D eigenvalue weighted by atomic mass is 10.0. The second kappa shape index (κ2) is 11.9. The van der Waals surface area contributed by atoms with E-state index in [2.05, 4.69) is 10.6 Å². The van der Waals surface area contributed by atoms with E-state index in [1.807, 2.05) is 0 Å². The average molecular weight is 449 g/mol. The van der Waals surface area contributed by atoms with Gasteiger partial charge in [0.05, 0.1) is 17.9 Å². The van der Waals surface area contributed by atoms with Gasteiger partial charge in [-0.2, -0.15) is 0 Å². The molecule has 0 saturated carbocycles. The monoisotopic (exact) mass is 448 g/mol. The predicted molar refractivity (Wildman–Crippen MR) is 114 cm³/mol. The molecule has 0 bridgehead atoms. The Hall–Kier alpha value is -3.07. The van der Waals surface area contributed by atoms with Crippen molar-refractivity contribution in [2.45, 2.75) is 36.7 Å². The molecular weight excluding hydrogens is 423 g/mol. The molecule has 9 heteroatoms. The maximum Gasteiger partial charge on any atom is 0.328 e. The van der Waals surface area contributed by atoms with Gasteiger partial charge in [-0.05, 0) is 30.2 Å². The maximum atomic E-state index is 14.0. The van der Waals surface area contributed by atoms with Gasteiger partial charge in [-0.15, -0.1) is 0 Å². The van der Waals surface area contributed by atoms with Crippen LogP contribution in [-0.4, -0.2) is 46.9 Å². The molecule has 0 aliphatic rings. The molecule has 0 fully saturated rings. The van der Waals surface area contributed by atoms with Crippen molar-refractivity contribution >= 4 is 28.6 Å². The van der Waals surface area contributed by atoms with Gasteiger partial charge in [0.25, 0.3) is 0 Å². The van der Waals surface area contributed by atoms with Crippen LogP contribution in [0.15, 0.2) is 59.5 Å². The van der Waals surface area contributed by atoms with E-state index in [1.54, 1.807) is 36.4 Å². The van der Waals surface area contributed by atoms with Gasteiger partial charge in [-0.3, -0.25) is 13.8 Å². The number of benzene rings is 2. The average Bonchev–Trinajstić information content (AvgIpc) is 2.76. The van der Waals surface area contributed by atoms with Crippen molar-refractivity contribution in [2.24, 2.45) is 0 Å². The van der Waals surface area contributed by atoms with Gasteiger partial charge in [0.1, 0.15) is 17.9 Å². The number of rotatable bonds is 10. The topological polar surface area (TPSA) is 102 Å². The zero-order valence-corrected chi connectivity index (χ0v) is 18.1. The van der Waals surface area contributed by atoms with Gasteiger partial charge >= 0.3 is 5.97 Å². The van der Waals surface area contributed by atoms with E-state index >= 15 is 0 Å². The third-order valence-electron chi connectivity index (χ3n) is 4.48. The summed E-state index contributed by atoms with van der Waals surface area (Å²) in [5, 5.41) is 5.01. The number of hydrogen-bond donors (Lipinski definition) is 2. The number of methoxy groups -OCH3 is 1. The van der Waals surface area contributed by atoms with Crippen LogP contribution in [0.25, 0.3) is 0 Å². The highest BCUT2D eigenvalue weighted by Crippen LogP contribution is 2.11. The fourth-order valence-electron chi connectivity index (χ4n) is 2.92. The highest BCUT2D eigenvalue weighted by molar-refractivity contribution is 7.85. The molecule has 166 valence electrons. The molecule has 0 aromatic heterocycles. The van der Waals surface area contributed by atoms with Gasteiger partial charge in [0.2, 0.25) is 11.8 Å². The fourth-order valence-corrected chi connectivity index (χ4v) is 4.06. The molecule has 2 amide bonds. The number of carbonyl (C=O) groups excluding carboxylic acids is 3. The van der Waals surface area contributed by atoms with Crippen LogP contribution in [0.3, 0.4) is 0 Å². The van der Waals surface area contributed by atoms with Crippen LogP contribution in [0, 0.1) is 5.82 Å². The molecule has 2 aromatic rings. The van der Waals surface area contributed by atoms with Crippen molar-refractivity contribution in [1.82, 2.24) is 10.6 Å². The Bertz CT molecular complexity index is 939. The maximum absolute atomic E-state index is 14.0. The van der Waals surface area contributed by atoms with Crippen LogP contribution < -0.4 is 10.6 Å². The summed E-state index contributed by atoms with van der Waals surface area (Å²) in [5.74, 6) is -2.24. The molecule has 0 aliphatic heterocycles. The molecule has 3 atom stereocenters. The quantitative estimate of drug-likeness (QED) is 0.539. The molecule has 0 aliphatic carbocycles. The first-order valence-electron chi connectivity index (χ1n) is 9.64. The normalized spacial score (nSPS) is 13.5. The number of nitrogens with one attached hydrogen (secondary N) is 2. The number of esters is 1. The van der Waals surface area contributed by atoms with E-state index in [-0.39, 0.29) is 24.2 Å². The van der Waals surface area contributed by atoms with Crippen LogP contribution in [0.4, 0.5) is 4.39 Å². The Morgan fingerprint density at radius 2 is 1.65 bits per heavy atom. The molecule has 0 radical (unpaired) electrons. The van der Waals surface area contributed by atoms with Crippen molar-refractivity contribution in [1.29, 1.82) is 0 Å². The SMILES string of the molecule is COC(=O)[C@H](CC[S@@](=O)c1ccccc1)NC(=O)[C@H](Cc1ccccc1F)NC(C)=O. The number of amides is 2. The van der Waals surface area contributed by atoms with Crippen molar-refractivity contribution < 1.29 is 27.7 Å². The van der Waals surface area contributed by atoms with Crippen LogP contribution in [-0.2, 0) is 36.3 Å². The van der Waals surface area contributed by atoms with Gasteiger partial charge in [-0.1, -0.05) is 36.4 Å². The zero-order chi connectivity index (χ0) is 22.8. The first-order chi connectivity index (χ1) is 14.8. The standard InChI is InChI=1S/C22H25FN2O5S/c1-15(26)24-20(14-16-8-6-7-11-18(16)23)21(27)25-19(22(28)30-2)12-13-31(29)17-9-4-3-5-10-17/h3-11,19-20H,12-14H2,1-2H3,(H,24,26)(H,25,27)/t19-,20-,31+/m0/s1. The largest absolute Gasteiger partial charge is 0.467 e. The Labute approximate surface area is 182 Å². The van der Waals surface area contributed by atoms with Crippen molar-refractivity contribution in [3.63, 3.8) is 0 Å². The summed E-state index contributed by atoms with van der Waals surface area (Å²) in [5.41, 5.74) is 0.246. The van der Waals surface area contributed by atoms with Crippen LogP contribution in [0.1, 0.15) is 18.9 Å². The number of carbonyl (C=O) groups is 3. The number of halogens is 1. The van der Waals surface area contributed by atoms with E-state index < -0.39 is 46.5 Å². The summed E-state index contributed by atoms with van der Waals surface area (Å²) in [4.78, 5) is 37.1. The summed E-state index contributed by atoms with van der Waals surface area (Å²) in [6.45, 7) is 1.24. The molecule has 31 heavy (non-hydrogen) atoms. The van der Waals surface area contributed by atoms with Crippen LogP contribution >= 0.6 is 0 Å². The molecule has 2 aromatic carbocycles. The second-order valence-corrected chi connectivity index (χ2v) is 8.36. The van der Waals surface area contributed by atoms with E-state index in [1.165, 1.54) is 32.2 Å². The minimum absolute atomic E-state index is 0.0619. The third-order valence-corrected chi connectivity index (χ3v) is 5.88. The summed E-state index contributed by atoms with van der Waals surface area (Å²) >= 11 is 0. The minimum Gasteiger partial charge on any atom is -0.467 e. The van der Waals surface area contributed by atoms with E-state index in [0.29, 0.717) is 4.90 Å². The molecule has 0 unspecified atom stereocenters. The summed E-state index contributed by atoms with van der Waals surface area (Å²) in [7, 11) is -0.189. The second-order valence-electron chi connectivity index (χ2n) is 6.78. The first kappa shape index (κ1) is 24.2. The predicted octanol–water partition coefficient (Wildman–Crippen LogP) is 1.73. The summed E-state index contributed by atoms with van der Waals surface area (Å²) in [6.07, 6.45) is -0.0334. The molecular formula is C22H25FN2O5S. The molecule has 2 N–H and O–H groups in total. The van der Waals surface area contributed by atoms with Crippen molar-refractivity contribution in [3.05, 3.63) is 66.0 Å². The Balaban J connectivity index is 2.10. The van der Waals surface area contributed by atoms with Gasteiger partial charge in [0, 0.05) is 24.0 Å². The molecule has 0 spiro atoms. The summed E-state index contributed by atoms with van der Waals surface area (Å²) in [6, 6.07) is 12.5. The lowest BCUT2D eigenvalue weighted by Gasteiger charge is -2.22. The third kappa shape index (κ3) is 7.60. The fraction of sp³-hybridized carbons (Fsp3) is 0.318. The molecule has 2 rings (SSSR count). The lowest BCUT2D eigenvalue weighted by Crippen LogP contribution is -2.52. The van der Waals surface area contributed by atoms with Crippen LogP contribution in [0.2, 0.25) is 0 Å². The smallest absolute Gasteiger partial charge is 0.328 e.